The number of carbonyl (C=O) groups excluding carboxylic acids is 1. The number of nitrogens with one attached hydrogen (secondary N) is 1. The van der Waals surface area contributed by atoms with E-state index in [4.69, 9.17) is 0 Å². The predicted octanol–water partition coefficient (Wildman–Crippen LogP) is 2.74. The van der Waals surface area contributed by atoms with Crippen molar-refractivity contribution in [3.63, 3.8) is 0 Å². The van der Waals surface area contributed by atoms with Crippen LogP contribution >= 0.6 is 11.3 Å². The minimum absolute atomic E-state index is 0.239. The van der Waals surface area contributed by atoms with Gasteiger partial charge < -0.3 is 9.47 Å². The zero-order valence-electron chi connectivity index (χ0n) is 15.8. The second kappa shape index (κ2) is 8.01. The average Bonchev–Trinajstić information content (AvgIpc) is 3.40. The predicted molar refractivity (Wildman–Crippen MR) is 107 cm³/mol. The molecule has 0 saturated carbocycles. The highest BCUT2D eigenvalue weighted by Crippen LogP contribution is 2.29. The molecule has 1 amide bonds. The Bertz CT molecular complexity index is 921. The summed E-state index contributed by atoms with van der Waals surface area (Å²) in [6.45, 7) is 6.06. The molecule has 1 atom stereocenters. The molecular weight excluding hydrogens is 376 g/mol. The monoisotopic (exact) mass is 398 g/mol. The molecule has 10 heteroatoms. The molecule has 0 aromatic carbocycles. The first-order valence-electron chi connectivity index (χ1n) is 9.29. The Morgan fingerprint density at radius 2 is 2.18 bits per heavy atom. The van der Waals surface area contributed by atoms with Crippen molar-refractivity contribution in [1.29, 1.82) is 0 Å². The van der Waals surface area contributed by atoms with Crippen LogP contribution in [0.3, 0.4) is 0 Å². The van der Waals surface area contributed by atoms with Crippen molar-refractivity contribution in [3.8, 4) is 0 Å². The van der Waals surface area contributed by atoms with Gasteiger partial charge in [-0.2, -0.15) is 0 Å². The van der Waals surface area contributed by atoms with E-state index in [1.807, 2.05) is 12.4 Å². The third-order valence-corrected chi connectivity index (χ3v) is 5.46. The number of hydrogen-bond acceptors (Lipinski definition) is 8. The van der Waals surface area contributed by atoms with Gasteiger partial charge in [0.2, 0.25) is 5.13 Å². The third-order valence-electron chi connectivity index (χ3n) is 4.86. The van der Waals surface area contributed by atoms with Crippen molar-refractivity contribution in [2.24, 2.45) is 0 Å². The highest BCUT2D eigenvalue weighted by atomic mass is 32.1. The molecule has 9 nitrogen and oxygen atoms in total. The van der Waals surface area contributed by atoms with Crippen LogP contribution in [0.5, 0.6) is 0 Å². The number of piperidine rings is 1. The molecule has 146 valence electrons. The van der Waals surface area contributed by atoms with E-state index in [0.29, 0.717) is 22.7 Å². The third kappa shape index (κ3) is 3.86. The molecule has 0 radical (unpaired) electrons. The van der Waals surface area contributed by atoms with Gasteiger partial charge in [0.25, 0.3) is 5.91 Å². The van der Waals surface area contributed by atoms with E-state index in [1.165, 1.54) is 11.3 Å². The van der Waals surface area contributed by atoms with Gasteiger partial charge in [-0.1, -0.05) is 11.3 Å². The molecule has 1 N–H and O–H groups in total. The Labute approximate surface area is 166 Å². The maximum absolute atomic E-state index is 12.3. The van der Waals surface area contributed by atoms with Crippen LogP contribution in [-0.4, -0.2) is 48.9 Å². The normalized spacial score (nSPS) is 17.1. The quantitative estimate of drug-likeness (QED) is 0.705. The first kappa shape index (κ1) is 18.5. The lowest BCUT2D eigenvalue weighted by Gasteiger charge is -2.33. The summed E-state index contributed by atoms with van der Waals surface area (Å²) in [6.07, 6.45) is 5.56. The summed E-state index contributed by atoms with van der Waals surface area (Å²) in [5, 5.41) is 19.2. The lowest BCUT2D eigenvalue weighted by Crippen LogP contribution is -2.36. The van der Waals surface area contributed by atoms with Crippen LogP contribution in [-0.2, 0) is 0 Å². The fraction of sp³-hybridized carbons (Fsp3) is 0.444. The minimum atomic E-state index is -0.239. The van der Waals surface area contributed by atoms with Gasteiger partial charge in [0.05, 0.1) is 5.56 Å². The van der Waals surface area contributed by atoms with Gasteiger partial charge in [-0.05, 0) is 38.8 Å². The second-order valence-electron chi connectivity index (χ2n) is 7.08. The summed E-state index contributed by atoms with van der Waals surface area (Å²) < 4.78 is 2.14. The Balaban J connectivity index is 1.45. The highest BCUT2D eigenvalue weighted by molar-refractivity contribution is 7.13. The number of hydrogen-bond donors (Lipinski definition) is 1. The van der Waals surface area contributed by atoms with Gasteiger partial charge in [0, 0.05) is 31.2 Å². The van der Waals surface area contributed by atoms with E-state index in [2.05, 4.69) is 54.0 Å². The molecule has 0 aliphatic carbocycles. The molecule has 4 rings (SSSR count). The molecule has 3 aromatic heterocycles. The lowest BCUT2D eigenvalue weighted by molar-refractivity contribution is 0.102. The standard InChI is InChI=1S/C18H22N8OS/c1-12(2)26-10-20-23-16(26)14-4-3-7-25(9-14)15-6-5-13(8-19-15)17(27)22-18-24-21-11-28-18/h5-6,8,10-12,14H,3-4,7,9H2,1-2H3,(H,22,24,27). The Kier molecular flexibility index (Phi) is 5.29. The number of carbonyl (C=O) groups is 1. The van der Waals surface area contributed by atoms with Crippen molar-refractivity contribution in [2.45, 2.75) is 38.6 Å². The van der Waals surface area contributed by atoms with Crippen LogP contribution < -0.4 is 10.2 Å². The first-order valence-corrected chi connectivity index (χ1v) is 10.2. The van der Waals surface area contributed by atoms with E-state index in [1.54, 1.807) is 17.8 Å². The van der Waals surface area contributed by atoms with Gasteiger partial charge in [-0.25, -0.2) is 4.98 Å². The van der Waals surface area contributed by atoms with Crippen molar-refractivity contribution < 1.29 is 4.79 Å². The van der Waals surface area contributed by atoms with Crippen LogP contribution in [0.25, 0.3) is 0 Å². The zero-order chi connectivity index (χ0) is 19.5. The van der Waals surface area contributed by atoms with E-state index in [-0.39, 0.29) is 5.91 Å². The Morgan fingerprint density at radius 3 is 2.89 bits per heavy atom. The van der Waals surface area contributed by atoms with Crippen LogP contribution in [0.1, 0.15) is 54.8 Å². The maximum Gasteiger partial charge on any atom is 0.259 e. The van der Waals surface area contributed by atoms with E-state index >= 15 is 0 Å². The Hall–Kier alpha value is -2.88. The molecule has 1 aliphatic rings. The number of rotatable bonds is 5. The molecule has 0 bridgehead atoms. The van der Waals surface area contributed by atoms with Gasteiger partial charge >= 0.3 is 0 Å². The molecule has 4 heterocycles. The molecule has 1 unspecified atom stereocenters. The van der Waals surface area contributed by atoms with E-state index < -0.39 is 0 Å². The van der Waals surface area contributed by atoms with Gasteiger partial charge in [-0.15, -0.1) is 20.4 Å². The van der Waals surface area contributed by atoms with Crippen LogP contribution in [0.2, 0.25) is 0 Å². The summed E-state index contributed by atoms with van der Waals surface area (Å²) in [6, 6.07) is 4.02. The number of aromatic nitrogens is 6. The maximum atomic E-state index is 12.3. The highest BCUT2D eigenvalue weighted by Gasteiger charge is 2.26. The molecule has 1 fully saturated rings. The van der Waals surface area contributed by atoms with Gasteiger partial charge in [0.1, 0.15) is 23.5 Å². The molecule has 1 aliphatic heterocycles. The van der Waals surface area contributed by atoms with Crippen molar-refractivity contribution >= 4 is 28.2 Å². The summed E-state index contributed by atoms with van der Waals surface area (Å²) in [4.78, 5) is 19.0. The number of amides is 1. The van der Waals surface area contributed by atoms with Crippen molar-refractivity contribution in [1.82, 2.24) is 29.9 Å². The fourth-order valence-electron chi connectivity index (χ4n) is 3.44. The number of pyridine rings is 1. The largest absolute Gasteiger partial charge is 0.356 e. The first-order chi connectivity index (χ1) is 13.6. The molecule has 28 heavy (non-hydrogen) atoms. The van der Waals surface area contributed by atoms with Gasteiger partial charge in [0.15, 0.2) is 0 Å². The van der Waals surface area contributed by atoms with Crippen LogP contribution in [0, 0.1) is 0 Å². The van der Waals surface area contributed by atoms with Gasteiger partial charge in [-0.3, -0.25) is 10.1 Å². The molecular formula is C18H22N8OS. The summed E-state index contributed by atoms with van der Waals surface area (Å²) in [5.41, 5.74) is 2.07. The SMILES string of the molecule is CC(C)n1cnnc1C1CCCN(c2ccc(C(=O)Nc3nncs3)cn2)C1. The molecule has 0 spiro atoms. The number of nitrogens with zero attached hydrogens (tertiary/aromatic N) is 7. The van der Waals surface area contributed by atoms with Crippen LogP contribution in [0.4, 0.5) is 10.9 Å². The molecule has 1 saturated heterocycles. The summed E-state index contributed by atoms with van der Waals surface area (Å²) >= 11 is 1.28. The molecule has 3 aromatic rings. The topological polar surface area (TPSA) is 102 Å². The Morgan fingerprint density at radius 1 is 1.29 bits per heavy atom. The van der Waals surface area contributed by atoms with Crippen LogP contribution in [0.15, 0.2) is 30.2 Å². The summed E-state index contributed by atoms with van der Waals surface area (Å²) in [5.74, 6) is 1.98. The second-order valence-corrected chi connectivity index (χ2v) is 7.91. The fourth-order valence-corrected chi connectivity index (χ4v) is 3.88. The minimum Gasteiger partial charge on any atom is -0.356 e. The van der Waals surface area contributed by atoms with Crippen molar-refractivity contribution in [2.75, 3.05) is 23.3 Å². The van der Waals surface area contributed by atoms with E-state index in [0.717, 1.165) is 37.6 Å². The van der Waals surface area contributed by atoms with E-state index in [9.17, 15) is 4.79 Å². The smallest absolute Gasteiger partial charge is 0.259 e. The summed E-state index contributed by atoms with van der Waals surface area (Å²) in [7, 11) is 0. The number of anilines is 2. The zero-order valence-corrected chi connectivity index (χ0v) is 16.6. The lowest BCUT2D eigenvalue weighted by atomic mass is 9.97. The average molecular weight is 398 g/mol. The van der Waals surface area contributed by atoms with Crippen molar-refractivity contribution in [3.05, 3.63) is 41.6 Å².